The van der Waals surface area contributed by atoms with E-state index in [9.17, 15) is 0 Å². The summed E-state index contributed by atoms with van der Waals surface area (Å²) >= 11 is 0. The molecule has 29 heavy (non-hydrogen) atoms. The minimum atomic E-state index is 0.00776. The quantitative estimate of drug-likeness (QED) is 0.356. The number of aryl methyl sites for hydroxylation is 3. The molecule has 0 N–H and O–H groups in total. The highest BCUT2D eigenvalue weighted by Crippen LogP contribution is 2.45. The molecule has 2 nitrogen and oxygen atoms in total. The predicted octanol–water partition coefficient (Wildman–Crippen LogP) is 6.37. The van der Waals surface area contributed by atoms with E-state index in [1.165, 1.54) is 44.9 Å². The second-order valence-electron chi connectivity index (χ2n) is 8.70. The average molecular weight is 386 g/mol. The molecule has 1 aromatic heterocycles. The molecule has 150 valence electrons. The highest BCUT2D eigenvalue weighted by Gasteiger charge is 2.44. The summed E-state index contributed by atoms with van der Waals surface area (Å²) in [6, 6.07) is 13.5. The van der Waals surface area contributed by atoms with Crippen molar-refractivity contribution in [2.24, 2.45) is 0 Å². The summed E-state index contributed by atoms with van der Waals surface area (Å²) in [7, 11) is 0. The predicted molar refractivity (Wildman–Crippen MR) is 122 cm³/mol. The van der Waals surface area contributed by atoms with Crippen LogP contribution in [0.15, 0.2) is 60.9 Å². The molecule has 1 aliphatic heterocycles. The number of rotatable bonds is 5. The van der Waals surface area contributed by atoms with Crippen LogP contribution in [0, 0.1) is 20.8 Å². The Labute approximate surface area is 175 Å². The maximum absolute atomic E-state index is 4.57. The fourth-order valence-corrected chi connectivity index (χ4v) is 5.44. The topological polar surface area (TPSA) is 8.81 Å². The first-order chi connectivity index (χ1) is 13.9. The van der Waals surface area contributed by atoms with E-state index < -0.39 is 0 Å². The van der Waals surface area contributed by atoms with Gasteiger partial charge in [-0.2, -0.15) is 4.57 Å². The minimum absolute atomic E-state index is 0.00776. The molecule has 3 aromatic rings. The number of fused-ring (bicyclic) bond motifs is 3. The van der Waals surface area contributed by atoms with Gasteiger partial charge in [-0.05, 0) is 56.4 Å². The van der Waals surface area contributed by atoms with Crippen LogP contribution < -0.4 is 4.57 Å². The van der Waals surface area contributed by atoms with Gasteiger partial charge < -0.3 is 0 Å². The van der Waals surface area contributed by atoms with E-state index in [4.69, 9.17) is 0 Å². The van der Waals surface area contributed by atoms with Crippen LogP contribution in [0.3, 0.4) is 0 Å². The summed E-state index contributed by atoms with van der Waals surface area (Å²) < 4.78 is 4.84. The van der Waals surface area contributed by atoms with Gasteiger partial charge in [-0.25, -0.2) is 4.57 Å². The molecule has 0 saturated heterocycles. The van der Waals surface area contributed by atoms with Gasteiger partial charge in [0.15, 0.2) is 0 Å². The van der Waals surface area contributed by atoms with Crippen molar-refractivity contribution in [3.05, 3.63) is 83.2 Å². The standard InChI is InChI=1S/C27H33N2/c1-7-11-22(6)27(8-2)18-28-14-15-29(25-20(4)16-19(3)17-21(25)5)26(28)23-12-9-10-13-24(23)27/h9-10,12-17H,6-8,11,18H2,1-5H3/q+1. The molecule has 0 aliphatic carbocycles. The number of hydrogen-bond acceptors (Lipinski definition) is 0. The van der Waals surface area contributed by atoms with E-state index in [1.807, 2.05) is 0 Å². The third-order valence-electron chi connectivity index (χ3n) is 6.73. The van der Waals surface area contributed by atoms with E-state index >= 15 is 0 Å². The molecule has 0 radical (unpaired) electrons. The maximum Gasteiger partial charge on any atom is 0.294 e. The number of hydrogen-bond donors (Lipinski definition) is 0. The summed E-state index contributed by atoms with van der Waals surface area (Å²) in [6.45, 7) is 16.7. The van der Waals surface area contributed by atoms with Crippen molar-refractivity contribution >= 4 is 0 Å². The van der Waals surface area contributed by atoms with Gasteiger partial charge >= 0.3 is 0 Å². The summed E-state index contributed by atoms with van der Waals surface area (Å²) in [4.78, 5) is 0. The highest BCUT2D eigenvalue weighted by molar-refractivity contribution is 5.67. The first-order valence-corrected chi connectivity index (χ1v) is 10.9. The van der Waals surface area contributed by atoms with E-state index in [1.54, 1.807) is 0 Å². The lowest BCUT2D eigenvalue weighted by atomic mass is 9.68. The highest BCUT2D eigenvalue weighted by atomic mass is 15.2. The zero-order valence-electron chi connectivity index (χ0n) is 18.5. The Morgan fingerprint density at radius 2 is 1.79 bits per heavy atom. The Hall–Kier alpha value is -2.61. The number of benzene rings is 2. The summed E-state index contributed by atoms with van der Waals surface area (Å²) in [6.07, 6.45) is 7.79. The molecular formula is C27H33N2+. The Morgan fingerprint density at radius 3 is 2.45 bits per heavy atom. The molecule has 0 amide bonds. The van der Waals surface area contributed by atoms with E-state index in [0.717, 1.165) is 25.8 Å². The van der Waals surface area contributed by atoms with Gasteiger partial charge in [-0.15, -0.1) is 0 Å². The Bertz CT molecular complexity index is 1060. The number of imidazole rings is 1. The van der Waals surface area contributed by atoms with Gasteiger partial charge in [-0.1, -0.05) is 68.3 Å². The molecule has 0 fully saturated rings. The van der Waals surface area contributed by atoms with E-state index in [2.05, 4.69) is 99.1 Å². The zero-order valence-corrected chi connectivity index (χ0v) is 18.5. The van der Waals surface area contributed by atoms with Gasteiger partial charge in [0.1, 0.15) is 24.6 Å². The summed E-state index contributed by atoms with van der Waals surface area (Å²) in [5.41, 5.74) is 9.40. The van der Waals surface area contributed by atoms with Crippen LogP contribution in [0.2, 0.25) is 0 Å². The van der Waals surface area contributed by atoms with Gasteiger partial charge in [0.05, 0.1) is 11.0 Å². The second-order valence-corrected chi connectivity index (χ2v) is 8.70. The molecule has 4 rings (SSSR count). The van der Waals surface area contributed by atoms with Crippen LogP contribution in [0.1, 0.15) is 55.4 Å². The van der Waals surface area contributed by atoms with Crippen molar-refractivity contribution in [3.63, 3.8) is 0 Å². The monoisotopic (exact) mass is 385 g/mol. The number of allylic oxidation sites excluding steroid dienone is 1. The first-order valence-electron chi connectivity index (χ1n) is 10.9. The SMILES string of the molecule is C=C(CCC)C1(CC)C[n+]2ccn(-c3c(C)cc(C)cc3C)c2-c2ccccc21. The molecule has 2 heteroatoms. The summed E-state index contributed by atoms with van der Waals surface area (Å²) in [5, 5.41) is 0. The van der Waals surface area contributed by atoms with Crippen molar-refractivity contribution in [1.82, 2.24) is 4.57 Å². The molecule has 2 heterocycles. The van der Waals surface area contributed by atoms with Crippen LogP contribution in [0.4, 0.5) is 0 Å². The molecule has 0 spiro atoms. The fraction of sp³-hybridized carbons (Fsp3) is 0.370. The van der Waals surface area contributed by atoms with Crippen molar-refractivity contribution in [1.29, 1.82) is 0 Å². The molecule has 1 aliphatic rings. The minimum Gasteiger partial charge on any atom is -0.228 e. The third-order valence-corrected chi connectivity index (χ3v) is 6.73. The zero-order chi connectivity index (χ0) is 20.8. The smallest absolute Gasteiger partial charge is 0.228 e. The lowest BCUT2D eigenvalue weighted by Gasteiger charge is -2.38. The van der Waals surface area contributed by atoms with Crippen molar-refractivity contribution in [3.8, 4) is 17.1 Å². The number of nitrogens with zero attached hydrogens (tertiary/aromatic N) is 2. The van der Waals surface area contributed by atoms with Crippen molar-refractivity contribution in [2.75, 3.05) is 0 Å². The number of aromatic nitrogens is 2. The Kier molecular flexibility index (Phi) is 4.98. The van der Waals surface area contributed by atoms with Crippen LogP contribution in [-0.4, -0.2) is 4.57 Å². The van der Waals surface area contributed by atoms with Gasteiger partial charge in [0.25, 0.3) is 5.82 Å². The van der Waals surface area contributed by atoms with Gasteiger partial charge in [0.2, 0.25) is 0 Å². The maximum atomic E-state index is 4.57. The molecule has 0 bridgehead atoms. The normalized spacial score (nSPS) is 17.7. The Morgan fingerprint density at radius 1 is 1.10 bits per heavy atom. The lowest BCUT2D eigenvalue weighted by molar-refractivity contribution is -0.694. The molecule has 1 atom stereocenters. The lowest BCUT2D eigenvalue weighted by Crippen LogP contribution is -2.51. The first kappa shape index (κ1) is 19.7. The molecular weight excluding hydrogens is 352 g/mol. The van der Waals surface area contributed by atoms with Gasteiger partial charge in [-0.3, -0.25) is 0 Å². The average Bonchev–Trinajstić information content (AvgIpc) is 3.10. The largest absolute Gasteiger partial charge is 0.294 e. The van der Waals surface area contributed by atoms with Crippen LogP contribution >= 0.6 is 0 Å². The van der Waals surface area contributed by atoms with E-state index in [-0.39, 0.29) is 5.41 Å². The Balaban J connectivity index is 1.97. The van der Waals surface area contributed by atoms with Crippen LogP contribution in [0.5, 0.6) is 0 Å². The second kappa shape index (κ2) is 7.33. The van der Waals surface area contributed by atoms with Crippen LogP contribution in [0.25, 0.3) is 17.1 Å². The molecule has 0 saturated carbocycles. The third kappa shape index (κ3) is 2.97. The molecule has 1 unspecified atom stereocenters. The van der Waals surface area contributed by atoms with Crippen molar-refractivity contribution < 1.29 is 4.57 Å². The fourth-order valence-electron chi connectivity index (χ4n) is 5.44. The summed E-state index contributed by atoms with van der Waals surface area (Å²) in [5.74, 6) is 1.28. The molecule has 2 aromatic carbocycles. The van der Waals surface area contributed by atoms with Crippen LogP contribution in [-0.2, 0) is 12.0 Å². The van der Waals surface area contributed by atoms with Gasteiger partial charge in [0, 0.05) is 0 Å². The van der Waals surface area contributed by atoms with Crippen molar-refractivity contribution in [2.45, 2.75) is 65.8 Å². The van der Waals surface area contributed by atoms with E-state index in [0.29, 0.717) is 0 Å².